The predicted molar refractivity (Wildman–Crippen MR) is 104 cm³/mol. The molecular weight excluding hydrogens is 436 g/mol. The maximum Gasteiger partial charge on any atom is 0.416 e. The van der Waals surface area contributed by atoms with Crippen molar-refractivity contribution in [1.29, 1.82) is 0 Å². The molecule has 0 fully saturated rings. The summed E-state index contributed by atoms with van der Waals surface area (Å²) in [7, 11) is 1.25. The summed E-state index contributed by atoms with van der Waals surface area (Å²) < 4.78 is 63.6. The lowest BCUT2D eigenvalue weighted by atomic mass is 10.1. The first-order valence-electron chi connectivity index (χ1n) is 8.82. The zero-order valence-corrected chi connectivity index (χ0v) is 16.2. The highest BCUT2D eigenvalue weighted by atomic mass is 19.4. The Hall–Kier alpha value is -4.15. The number of amides is 1. The number of carboxylic acids is 1. The van der Waals surface area contributed by atoms with Gasteiger partial charge in [0.1, 0.15) is 17.3 Å². The molecule has 0 saturated carbocycles. The Morgan fingerprint density at radius 2 is 1.72 bits per heavy atom. The monoisotopic (exact) mass is 450 g/mol. The van der Waals surface area contributed by atoms with Crippen LogP contribution >= 0.6 is 0 Å². The van der Waals surface area contributed by atoms with Crippen LogP contribution in [-0.4, -0.2) is 29.1 Å². The summed E-state index contributed by atoms with van der Waals surface area (Å²) in [6.07, 6.45) is -3.69. The van der Waals surface area contributed by atoms with Crippen LogP contribution in [0.3, 0.4) is 0 Å². The van der Waals surface area contributed by atoms with Gasteiger partial charge in [-0.25, -0.2) is 14.2 Å². The molecule has 2 aromatic carbocycles. The van der Waals surface area contributed by atoms with Gasteiger partial charge in [0.25, 0.3) is 5.91 Å². The number of ether oxygens (including phenoxy) is 2. The van der Waals surface area contributed by atoms with Crippen LogP contribution in [0.5, 0.6) is 17.2 Å². The molecule has 0 unspecified atom stereocenters. The number of hydrogen-bond donors (Lipinski definition) is 2. The summed E-state index contributed by atoms with van der Waals surface area (Å²) in [4.78, 5) is 27.2. The standard InChI is InChI=1S/C21H14F4N2O5/c1-31-18-9-12(22)3-7-17(18)32-16-6-2-11(21(23,24)25)8-14(16)19(28)27-13-4-5-15(20(29)30)26-10-13/h2-10H,1H3,(H,27,28)(H,29,30). The highest BCUT2D eigenvalue weighted by molar-refractivity contribution is 6.06. The van der Waals surface area contributed by atoms with Gasteiger partial charge >= 0.3 is 12.1 Å². The number of carbonyl (C=O) groups is 2. The van der Waals surface area contributed by atoms with Crippen molar-refractivity contribution in [2.24, 2.45) is 0 Å². The normalized spacial score (nSPS) is 11.0. The summed E-state index contributed by atoms with van der Waals surface area (Å²) in [5.74, 6) is -3.21. The number of pyridine rings is 1. The van der Waals surface area contributed by atoms with Gasteiger partial charge in [-0.05, 0) is 42.5 Å². The number of benzene rings is 2. The average Bonchev–Trinajstić information content (AvgIpc) is 2.74. The average molecular weight is 450 g/mol. The molecule has 2 N–H and O–H groups in total. The van der Waals surface area contributed by atoms with E-state index in [0.717, 1.165) is 36.5 Å². The van der Waals surface area contributed by atoms with Gasteiger partial charge in [-0.3, -0.25) is 4.79 Å². The minimum Gasteiger partial charge on any atom is -0.493 e. The van der Waals surface area contributed by atoms with E-state index in [2.05, 4.69) is 10.3 Å². The lowest BCUT2D eigenvalue weighted by Crippen LogP contribution is -2.15. The van der Waals surface area contributed by atoms with Crippen LogP contribution in [0.1, 0.15) is 26.4 Å². The SMILES string of the molecule is COc1cc(F)ccc1Oc1ccc(C(F)(F)F)cc1C(=O)Nc1ccc(C(=O)O)nc1. The van der Waals surface area contributed by atoms with Gasteiger partial charge in [-0.2, -0.15) is 13.2 Å². The maximum absolute atomic E-state index is 13.4. The first-order valence-corrected chi connectivity index (χ1v) is 8.82. The molecule has 1 aromatic heterocycles. The van der Waals surface area contributed by atoms with E-state index in [-0.39, 0.29) is 28.6 Å². The van der Waals surface area contributed by atoms with Crippen LogP contribution in [0.4, 0.5) is 23.2 Å². The Kier molecular flexibility index (Phi) is 6.28. The molecule has 0 saturated heterocycles. The maximum atomic E-state index is 13.4. The molecule has 1 amide bonds. The van der Waals surface area contributed by atoms with Crippen molar-refractivity contribution in [3.05, 3.63) is 77.4 Å². The van der Waals surface area contributed by atoms with Crippen LogP contribution in [0.25, 0.3) is 0 Å². The Labute approximate surface area is 178 Å². The van der Waals surface area contributed by atoms with Gasteiger partial charge in [0, 0.05) is 6.07 Å². The quantitative estimate of drug-likeness (QED) is 0.514. The van der Waals surface area contributed by atoms with Crippen LogP contribution in [-0.2, 0) is 6.18 Å². The predicted octanol–water partition coefficient (Wildman–Crippen LogP) is 4.99. The molecule has 166 valence electrons. The van der Waals surface area contributed by atoms with E-state index >= 15 is 0 Å². The molecule has 7 nitrogen and oxygen atoms in total. The van der Waals surface area contributed by atoms with E-state index in [4.69, 9.17) is 14.6 Å². The van der Waals surface area contributed by atoms with Crippen molar-refractivity contribution in [2.45, 2.75) is 6.18 Å². The van der Waals surface area contributed by atoms with Crippen molar-refractivity contribution in [3.63, 3.8) is 0 Å². The van der Waals surface area contributed by atoms with Crippen LogP contribution in [0, 0.1) is 5.82 Å². The second-order valence-electron chi connectivity index (χ2n) is 6.30. The lowest BCUT2D eigenvalue weighted by molar-refractivity contribution is -0.137. The molecule has 1 heterocycles. The zero-order valence-electron chi connectivity index (χ0n) is 16.2. The number of carboxylic acid groups (broad SMARTS) is 1. The van der Waals surface area contributed by atoms with E-state index in [1.165, 1.54) is 19.2 Å². The Morgan fingerprint density at radius 1 is 1.00 bits per heavy atom. The van der Waals surface area contributed by atoms with Crippen molar-refractivity contribution in [3.8, 4) is 17.2 Å². The smallest absolute Gasteiger partial charge is 0.416 e. The number of halogens is 4. The molecule has 0 spiro atoms. The summed E-state index contributed by atoms with van der Waals surface area (Å²) in [6.45, 7) is 0. The fourth-order valence-corrected chi connectivity index (χ4v) is 2.61. The highest BCUT2D eigenvalue weighted by Crippen LogP contribution is 2.37. The molecule has 32 heavy (non-hydrogen) atoms. The highest BCUT2D eigenvalue weighted by Gasteiger charge is 2.32. The van der Waals surface area contributed by atoms with Crippen molar-refractivity contribution >= 4 is 17.6 Å². The second kappa shape index (κ2) is 8.92. The fourth-order valence-electron chi connectivity index (χ4n) is 2.61. The third-order valence-electron chi connectivity index (χ3n) is 4.14. The number of alkyl halides is 3. The Bertz CT molecular complexity index is 1160. The number of anilines is 1. The number of nitrogens with zero attached hydrogens (tertiary/aromatic N) is 1. The van der Waals surface area contributed by atoms with E-state index < -0.39 is 35.0 Å². The third-order valence-corrected chi connectivity index (χ3v) is 4.14. The number of aromatic carboxylic acids is 1. The van der Waals surface area contributed by atoms with Gasteiger partial charge < -0.3 is 19.9 Å². The fraction of sp³-hybridized carbons (Fsp3) is 0.0952. The molecule has 0 bridgehead atoms. The number of methoxy groups -OCH3 is 1. The number of carbonyl (C=O) groups excluding carboxylic acids is 1. The molecule has 0 radical (unpaired) electrons. The molecule has 3 rings (SSSR count). The van der Waals surface area contributed by atoms with Crippen molar-refractivity contribution in [1.82, 2.24) is 4.98 Å². The van der Waals surface area contributed by atoms with Crippen LogP contribution in [0.2, 0.25) is 0 Å². The van der Waals surface area contributed by atoms with Gasteiger partial charge in [0.15, 0.2) is 11.5 Å². The number of nitrogens with one attached hydrogen (secondary N) is 1. The molecule has 0 aliphatic carbocycles. The summed E-state index contributed by atoms with van der Waals surface area (Å²) in [5.41, 5.74) is -1.81. The molecule has 0 aliphatic rings. The first kappa shape index (κ1) is 22.5. The van der Waals surface area contributed by atoms with Gasteiger partial charge in [-0.1, -0.05) is 0 Å². The zero-order chi connectivity index (χ0) is 23.5. The van der Waals surface area contributed by atoms with E-state index in [1.807, 2.05) is 0 Å². The first-order chi connectivity index (χ1) is 15.1. The van der Waals surface area contributed by atoms with Crippen LogP contribution < -0.4 is 14.8 Å². The van der Waals surface area contributed by atoms with E-state index in [1.54, 1.807) is 0 Å². The minimum absolute atomic E-state index is 0.0322. The van der Waals surface area contributed by atoms with Crippen molar-refractivity contribution in [2.75, 3.05) is 12.4 Å². The summed E-state index contributed by atoms with van der Waals surface area (Å²) in [6, 6.07) is 7.88. The molecule has 11 heteroatoms. The van der Waals surface area contributed by atoms with E-state index in [0.29, 0.717) is 6.07 Å². The summed E-state index contributed by atoms with van der Waals surface area (Å²) in [5, 5.41) is 11.2. The molecule has 3 aromatic rings. The Balaban J connectivity index is 1.98. The molecular formula is C21H14F4N2O5. The third kappa shape index (κ3) is 5.12. The van der Waals surface area contributed by atoms with Gasteiger partial charge in [0.2, 0.25) is 0 Å². The number of hydrogen-bond acceptors (Lipinski definition) is 5. The number of aromatic nitrogens is 1. The summed E-state index contributed by atoms with van der Waals surface area (Å²) >= 11 is 0. The second-order valence-corrected chi connectivity index (χ2v) is 6.30. The molecule has 0 aliphatic heterocycles. The van der Waals surface area contributed by atoms with Crippen LogP contribution in [0.15, 0.2) is 54.7 Å². The number of rotatable bonds is 6. The van der Waals surface area contributed by atoms with Gasteiger partial charge in [0.05, 0.1) is 30.1 Å². The largest absolute Gasteiger partial charge is 0.493 e. The Morgan fingerprint density at radius 3 is 2.31 bits per heavy atom. The van der Waals surface area contributed by atoms with E-state index in [9.17, 15) is 27.2 Å². The molecule has 0 atom stereocenters. The minimum atomic E-state index is -4.73. The topological polar surface area (TPSA) is 97.8 Å². The van der Waals surface area contributed by atoms with Gasteiger partial charge in [-0.15, -0.1) is 0 Å². The lowest BCUT2D eigenvalue weighted by Gasteiger charge is -2.16. The van der Waals surface area contributed by atoms with Crippen molar-refractivity contribution < 1.29 is 41.7 Å².